The largest absolute Gasteiger partial charge is 0.493 e. The fourth-order valence-corrected chi connectivity index (χ4v) is 3.87. The molecule has 1 aromatic heterocycles. The molecule has 0 fully saturated rings. The minimum atomic E-state index is -0.394. The number of methoxy groups -OCH3 is 1. The zero-order chi connectivity index (χ0) is 22.7. The number of carbonyl (C=O) groups is 1. The normalized spacial score (nSPS) is 13.0. The Morgan fingerprint density at radius 1 is 1.19 bits per heavy atom. The van der Waals surface area contributed by atoms with Crippen LogP contribution >= 0.6 is 11.8 Å². The van der Waals surface area contributed by atoms with Crippen LogP contribution < -0.4 is 24.3 Å². The van der Waals surface area contributed by atoms with Crippen LogP contribution in [0.25, 0.3) is 0 Å². The molecule has 1 amide bonds. The number of amides is 1. The highest BCUT2D eigenvalue weighted by Crippen LogP contribution is 2.34. The van der Waals surface area contributed by atoms with Gasteiger partial charge in [0.25, 0.3) is 0 Å². The summed E-state index contributed by atoms with van der Waals surface area (Å²) in [5.74, 6) is 3.06. The maximum absolute atomic E-state index is 12.6. The van der Waals surface area contributed by atoms with Crippen LogP contribution in [0.1, 0.15) is 18.3 Å². The van der Waals surface area contributed by atoms with E-state index < -0.39 is 5.25 Å². The van der Waals surface area contributed by atoms with Crippen LogP contribution in [0.15, 0.2) is 41.6 Å². The van der Waals surface area contributed by atoms with Gasteiger partial charge in [-0.15, -0.1) is 10.2 Å². The zero-order valence-electron chi connectivity index (χ0n) is 18.2. The number of ether oxygens (including phenoxy) is 4. The van der Waals surface area contributed by atoms with Crippen molar-refractivity contribution in [1.82, 2.24) is 14.8 Å². The van der Waals surface area contributed by atoms with Gasteiger partial charge in [-0.1, -0.05) is 17.8 Å². The number of anilines is 1. The van der Waals surface area contributed by atoms with Crippen LogP contribution in [-0.4, -0.2) is 39.8 Å². The number of carbonyl (C=O) groups excluding carboxylic acids is 1. The van der Waals surface area contributed by atoms with Gasteiger partial charge in [0, 0.05) is 18.8 Å². The van der Waals surface area contributed by atoms with E-state index in [0.717, 1.165) is 5.56 Å². The Balaban J connectivity index is 1.36. The summed E-state index contributed by atoms with van der Waals surface area (Å²) in [5, 5.41) is 11.5. The molecule has 0 spiro atoms. The van der Waals surface area contributed by atoms with Crippen LogP contribution in [-0.2, 0) is 18.4 Å². The number of fused-ring (bicyclic) bond motifs is 1. The van der Waals surface area contributed by atoms with E-state index in [4.69, 9.17) is 18.9 Å². The summed E-state index contributed by atoms with van der Waals surface area (Å²) in [6.45, 7) is 4.21. The van der Waals surface area contributed by atoms with Gasteiger partial charge < -0.3 is 28.8 Å². The van der Waals surface area contributed by atoms with E-state index in [0.29, 0.717) is 39.7 Å². The third-order valence-corrected chi connectivity index (χ3v) is 6.03. The summed E-state index contributed by atoms with van der Waals surface area (Å²) < 4.78 is 23.7. The molecule has 168 valence electrons. The molecule has 1 aliphatic rings. The molecule has 2 aromatic carbocycles. The van der Waals surface area contributed by atoms with Crippen LogP contribution in [0, 0.1) is 6.92 Å². The van der Waals surface area contributed by atoms with Gasteiger partial charge >= 0.3 is 0 Å². The van der Waals surface area contributed by atoms with Crippen molar-refractivity contribution in [3.8, 4) is 23.0 Å². The molecular formula is C22H24N4O5S. The molecule has 1 atom stereocenters. The number of nitrogens with one attached hydrogen (secondary N) is 1. The van der Waals surface area contributed by atoms with Crippen molar-refractivity contribution in [3.63, 3.8) is 0 Å². The molecule has 0 bridgehead atoms. The minimum Gasteiger partial charge on any atom is -0.493 e. The van der Waals surface area contributed by atoms with E-state index >= 15 is 0 Å². The SMILES string of the molecule is COc1cc(C)ccc1OCc1nnc(S[C@H](C)C(=O)Nc2ccc3c(c2)OCO3)n1C. The number of rotatable bonds is 8. The van der Waals surface area contributed by atoms with Gasteiger partial charge in [-0.2, -0.15) is 0 Å². The summed E-state index contributed by atoms with van der Waals surface area (Å²) in [6, 6.07) is 11.0. The first-order valence-electron chi connectivity index (χ1n) is 9.97. The predicted octanol–water partition coefficient (Wildman–Crippen LogP) is 3.56. The molecule has 1 aliphatic heterocycles. The highest BCUT2D eigenvalue weighted by Gasteiger charge is 2.21. The summed E-state index contributed by atoms with van der Waals surface area (Å²) in [5.41, 5.74) is 1.73. The number of hydrogen-bond acceptors (Lipinski definition) is 8. The van der Waals surface area contributed by atoms with E-state index in [1.54, 1.807) is 25.3 Å². The van der Waals surface area contributed by atoms with Crippen molar-refractivity contribution in [3.05, 3.63) is 47.8 Å². The van der Waals surface area contributed by atoms with Crippen LogP contribution in [0.3, 0.4) is 0 Å². The first-order chi connectivity index (χ1) is 15.4. The average Bonchev–Trinajstić information content (AvgIpc) is 3.39. The summed E-state index contributed by atoms with van der Waals surface area (Å²) >= 11 is 1.32. The Morgan fingerprint density at radius 3 is 2.81 bits per heavy atom. The second-order valence-electron chi connectivity index (χ2n) is 7.22. The van der Waals surface area contributed by atoms with Gasteiger partial charge in [-0.3, -0.25) is 4.79 Å². The summed E-state index contributed by atoms with van der Waals surface area (Å²) in [6.07, 6.45) is 0. The number of benzene rings is 2. The Kier molecular flexibility index (Phi) is 6.40. The quantitative estimate of drug-likeness (QED) is 0.514. The maximum atomic E-state index is 12.6. The average molecular weight is 457 g/mol. The van der Waals surface area contributed by atoms with Crippen LogP contribution in [0.2, 0.25) is 0 Å². The molecule has 2 heterocycles. The first kappa shape index (κ1) is 21.8. The van der Waals surface area contributed by atoms with Crippen LogP contribution in [0.5, 0.6) is 23.0 Å². The van der Waals surface area contributed by atoms with Gasteiger partial charge in [-0.05, 0) is 43.7 Å². The Hall–Kier alpha value is -3.40. The number of aromatic nitrogens is 3. The molecule has 0 saturated carbocycles. The van der Waals surface area contributed by atoms with E-state index in [-0.39, 0.29) is 19.3 Å². The molecule has 3 aromatic rings. The third kappa shape index (κ3) is 4.75. The van der Waals surface area contributed by atoms with Gasteiger partial charge in [-0.25, -0.2) is 0 Å². The summed E-state index contributed by atoms with van der Waals surface area (Å²) in [7, 11) is 3.45. The van der Waals surface area contributed by atoms with E-state index in [2.05, 4.69) is 15.5 Å². The standard InChI is InChI=1S/C22H24N4O5S/c1-13-5-7-16(18(9-13)28-4)29-11-20-24-25-22(26(20)3)32-14(2)21(27)23-15-6-8-17-19(10-15)31-12-30-17/h5-10,14H,11-12H2,1-4H3,(H,23,27)/t14-/m1/s1. The Bertz CT molecular complexity index is 1130. The molecule has 0 unspecified atom stereocenters. The second kappa shape index (κ2) is 9.39. The summed E-state index contributed by atoms with van der Waals surface area (Å²) in [4.78, 5) is 12.6. The molecule has 4 rings (SSSR count). The van der Waals surface area contributed by atoms with Gasteiger partial charge in [0.05, 0.1) is 12.4 Å². The predicted molar refractivity (Wildman–Crippen MR) is 120 cm³/mol. The fourth-order valence-electron chi connectivity index (χ4n) is 3.04. The van der Waals surface area contributed by atoms with E-state index in [1.165, 1.54) is 11.8 Å². The molecular weight excluding hydrogens is 432 g/mol. The van der Waals surface area contributed by atoms with E-state index in [9.17, 15) is 4.79 Å². The van der Waals surface area contributed by atoms with Crippen molar-refractivity contribution >= 4 is 23.4 Å². The second-order valence-corrected chi connectivity index (χ2v) is 8.53. The van der Waals surface area contributed by atoms with Gasteiger partial charge in [0.15, 0.2) is 34.0 Å². The molecule has 0 radical (unpaired) electrons. The third-order valence-electron chi connectivity index (χ3n) is 4.89. The van der Waals surface area contributed by atoms with Gasteiger partial charge in [0.2, 0.25) is 12.7 Å². The molecule has 10 heteroatoms. The van der Waals surface area contributed by atoms with Crippen molar-refractivity contribution in [1.29, 1.82) is 0 Å². The maximum Gasteiger partial charge on any atom is 0.237 e. The van der Waals surface area contributed by atoms with Gasteiger partial charge in [0.1, 0.15) is 6.61 Å². The number of thioether (sulfide) groups is 1. The lowest BCUT2D eigenvalue weighted by atomic mass is 10.2. The lowest BCUT2D eigenvalue weighted by molar-refractivity contribution is -0.115. The topological polar surface area (TPSA) is 96.7 Å². The molecule has 0 aliphatic carbocycles. The number of aryl methyl sites for hydroxylation is 1. The number of hydrogen-bond donors (Lipinski definition) is 1. The van der Waals surface area contributed by atoms with Crippen molar-refractivity contribution < 1.29 is 23.7 Å². The lowest BCUT2D eigenvalue weighted by Gasteiger charge is -2.13. The zero-order valence-corrected chi connectivity index (χ0v) is 19.1. The number of nitrogens with zero attached hydrogens (tertiary/aromatic N) is 3. The molecule has 9 nitrogen and oxygen atoms in total. The first-order valence-corrected chi connectivity index (χ1v) is 10.9. The highest BCUT2D eigenvalue weighted by atomic mass is 32.2. The Morgan fingerprint density at radius 2 is 2.00 bits per heavy atom. The molecule has 0 saturated heterocycles. The fraction of sp³-hybridized carbons (Fsp3) is 0.318. The van der Waals surface area contributed by atoms with Crippen molar-refractivity contribution in [2.45, 2.75) is 30.9 Å². The monoisotopic (exact) mass is 456 g/mol. The lowest BCUT2D eigenvalue weighted by Crippen LogP contribution is -2.22. The molecule has 1 N–H and O–H groups in total. The van der Waals surface area contributed by atoms with Crippen LogP contribution in [0.4, 0.5) is 5.69 Å². The van der Waals surface area contributed by atoms with E-state index in [1.807, 2.05) is 43.7 Å². The van der Waals surface area contributed by atoms with Crippen molar-refractivity contribution in [2.24, 2.45) is 7.05 Å². The highest BCUT2D eigenvalue weighted by molar-refractivity contribution is 8.00. The minimum absolute atomic E-state index is 0.154. The Labute approximate surface area is 190 Å². The molecule has 32 heavy (non-hydrogen) atoms. The van der Waals surface area contributed by atoms with Crippen molar-refractivity contribution in [2.75, 3.05) is 19.2 Å². The smallest absolute Gasteiger partial charge is 0.237 e.